The summed E-state index contributed by atoms with van der Waals surface area (Å²) < 4.78 is 11.1. The number of hydrogen-bond acceptors (Lipinski definition) is 10. The zero-order valence-corrected chi connectivity index (χ0v) is 44.1. The van der Waals surface area contributed by atoms with E-state index in [1.165, 1.54) is 199 Å². The van der Waals surface area contributed by atoms with Gasteiger partial charge in [0, 0.05) is 0 Å². The van der Waals surface area contributed by atoms with E-state index in [1.54, 1.807) is 0 Å². The maximum atomic E-state index is 13.2. The van der Waals surface area contributed by atoms with E-state index in [4.69, 9.17) is 9.47 Å². The number of aliphatic hydroxyl groups excluding tert-OH is 7. The predicted octanol–water partition coefficient (Wildman–Crippen LogP) is 12.0. The first-order chi connectivity index (χ1) is 33.2. The molecule has 8 N–H and O–H groups in total. The number of carbonyl (C=O) groups is 1. The SMILES string of the molecule is CCCCCCCCCCCCCCCCCCCC/C=C/CCCC(O)C(O)C(COC1OC(CO)C(O)C(O)C1O)NC(=O)C(O)CCCCCCCCCCCCCCCCCCCC. The van der Waals surface area contributed by atoms with Gasteiger partial charge in [0.1, 0.15) is 36.6 Å². The van der Waals surface area contributed by atoms with Gasteiger partial charge in [-0.15, -0.1) is 0 Å². The van der Waals surface area contributed by atoms with Crippen molar-refractivity contribution < 1.29 is 50.0 Å². The normalized spacial score (nSPS) is 20.5. The lowest BCUT2D eigenvalue weighted by Gasteiger charge is -2.40. The highest BCUT2D eigenvalue weighted by molar-refractivity contribution is 5.80. The Kier molecular flexibility index (Phi) is 44.7. The Labute approximate surface area is 417 Å². The number of unbranched alkanes of at least 4 members (excludes halogenated alkanes) is 36. The molecular formula is C57H111NO10. The Hall–Kier alpha value is -1.15. The van der Waals surface area contributed by atoms with Crippen molar-refractivity contribution in [2.75, 3.05) is 13.2 Å². The van der Waals surface area contributed by atoms with E-state index in [9.17, 15) is 40.5 Å². The summed E-state index contributed by atoms with van der Waals surface area (Å²) in [6.07, 6.45) is 42.7. The number of nitrogens with one attached hydrogen (secondary N) is 1. The zero-order valence-electron chi connectivity index (χ0n) is 44.1. The second kappa shape index (κ2) is 46.9. The van der Waals surface area contributed by atoms with Gasteiger partial charge in [0.25, 0.3) is 0 Å². The Morgan fingerprint density at radius 2 is 0.868 bits per heavy atom. The summed E-state index contributed by atoms with van der Waals surface area (Å²) in [6, 6.07) is -1.18. The molecule has 0 aliphatic carbocycles. The van der Waals surface area contributed by atoms with Crippen LogP contribution >= 0.6 is 0 Å². The van der Waals surface area contributed by atoms with Crippen LogP contribution in [0, 0.1) is 0 Å². The molecule has 68 heavy (non-hydrogen) atoms. The molecule has 0 saturated carbocycles. The molecule has 1 aliphatic rings. The molecule has 1 rings (SSSR count). The second-order valence-corrected chi connectivity index (χ2v) is 20.7. The van der Waals surface area contributed by atoms with Gasteiger partial charge in [0.05, 0.1) is 25.4 Å². The lowest BCUT2D eigenvalue weighted by molar-refractivity contribution is -0.303. The van der Waals surface area contributed by atoms with Crippen molar-refractivity contribution in [3.05, 3.63) is 12.2 Å². The van der Waals surface area contributed by atoms with Crippen molar-refractivity contribution in [1.29, 1.82) is 0 Å². The van der Waals surface area contributed by atoms with E-state index >= 15 is 0 Å². The fourth-order valence-corrected chi connectivity index (χ4v) is 9.56. The molecule has 1 saturated heterocycles. The number of hydrogen-bond donors (Lipinski definition) is 8. The third kappa shape index (κ3) is 35.1. The van der Waals surface area contributed by atoms with E-state index in [0.717, 1.165) is 38.5 Å². The molecule has 11 heteroatoms. The number of ether oxygens (including phenoxy) is 2. The maximum Gasteiger partial charge on any atom is 0.249 e. The number of aliphatic hydroxyl groups is 7. The molecule has 0 bridgehead atoms. The van der Waals surface area contributed by atoms with Gasteiger partial charge in [-0.2, -0.15) is 0 Å². The first kappa shape index (κ1) is 64.9. The first-order valence-corrected chi connectivity index (χ1v) is 29.1. The van der Waals surface area contributed by atoms with Gasteiger partial charge in [-0.25, -0.2) is 0 Å². The van der Waals surface area contributed by atoms with Crippen LogP contribution in [0.2, 0.25) is 0 Å². The summed E-state index contributed by atoms with van der Waals surface area (Å²) in [7, 11) is 0. The lowest BCUT2D eigenvalue weighted by Crippen LogP contribution is -2.60. The minimum absolute atomic E-state index is 0.259. The second-order valence-electron chi connectivity index (χ2n) is 20.7. The molecule has 1 heterocycles. The molecule has 9 unspecified atom stereocenters. The van der Waals surface area contributed by atoms with Crippen LogP contribution in [0.4, 0.5) is 0 Å². The van der Waals surface area contributed by atoms with Gasteiger partial charge in [-0.3, -0.25) is 4.79 Å². The molecule has 0 aromatic carbocycles. The van der Waals surface area contributed by atoms with E-state index in [0.29, 0.717) is 12.8 Å². The van der Waals surface area contributed by atoms with Crippen molar-refractivity contribution >= 4 is 5.91 Å². The highest BCUT2D eigenvalue weighted by Gasteiger charge is 2.44. The van der Waals surface area contributed by atoms with Crippen molar-refractivity contribution in [3.63, 3.8) is 0 Å². The Morgan fingerprint density at radius 3 is 1.26 bits per heavy atom. The van der Waals surface area contributed by atoms with Gasteiger partial charge in [0.2, 0.25) is 5.91 Å². The minimum atomic E-state index is -1.66. The molecule has 11 nitrogen and oxygen atoms in total. The van der Waals surface area contributed by atoms with Crippen LogP contribution in [0.15, 0.2) is 12.2 Å². The summed E-state index contributed by atoms with van der Waals surface area (Å²) in [6.45, 7) is 3.48. The maximum absolute atomic E-state index is 13.2. The number of carbonyl (C=O) groups excluding carboxylic acids is 1. The van der Waals surface area contributed by atoms with E-state index in [2.05, 4.69) is 31.3 Å². The van der Waals surface area contributed by atoms with Crippen LogP contribution in [0.3, 0.4) is 0 Å². The monoisotopic (exact) mass is 970 g/mol. The largest absolute Gasteiger partial charge is 0.394 e. The van der Waals surface area contributed by atoms with Gasteiger partial charge in [0.15, 0.2) is 6.29 Å². The van der Waals surface area contributed by atoms with Crippen molar-refractivity contribution in [1.82, 2.24) is 5.32 Å². The van der Waals surface area contributed by atoms with E-state index in [-0.39, 0.29) is 12.8 Å². The standard InChI is InChI=1S/C57H111NO10/c1-3-5-7-9-11-13-15-17-19-21-23-24-25-26-27-29-30-32-34-36-38-40-42-44-49(60)52(62)48(47-67-57-55(65)54(64)53(63)51(46-59)68-57)58-56(66)50(61)45-43-41-39-37-35-33-31-28-22-20-18-16-14-12-10-8-6-4-2/h36,38,48-55,57,59-65H,3-35,37,39-47H2,1-2H3,(H,58,66)/b38-36+. The number of amides is 1. The molecule has 1 amide bonds. The van der Waals surface area contributed by atoms with Gasteiger partial charge >= 0.3 is 0 Å². The topological polar surface area (TPSA) is 189 Å². The third-order valence-corrected chi connectivity index (χ3v) is 14.3. The van der Waals surface area contributed by atoms with Crippen molar-refractivity contribution in [2.45, 2.75) is 332 Å². The first-order valence-electron chi connectivity index (χ1n) is 29.1. The molecule has 404 valence electrons. The average molecular weight is 971 g/mol. The van der Waals surface area contributed by atoms with Crippen LogP contribution < -0.4 is 5.32 Å². The summed E-state index contributed by atoms with van der Waals surface area (Å²) in [5.41, 5.74) is 0. The highest BCUT2D eigenvalue weighted by atomic mass is 16.7. The van der Waals surface area contributed by atoms with Gasteiger partial charge in [-0.05, 0) is 38.5 Å². The Bertz CT molecular complexity index is 1110. The molecule has 0 aromatic heterocycles. The van der Waals surface area contributed by atoms with Crippen LogP contribution in [-0.4, -0.2) is 110 Å². The average Bonchev–Trinajstić information content (AvgIpc) is 3.34. The molecular weight excluding hydrogens is 859 g/mol. The highest BCUT2D eigenvalue weighted by Crippen LogP contribution is 2.23. The van der Waals surface area contributed by atoms with E-state index in [1.807, 2.05) is 0 Å². The zero-order chi connectivity index (χ0) is 49.7. The summed E-state index contributed by atoms with van der Waals surface area (Å²) in [5.74, 6) is -0.701. The summed E-state index contributed by atoms with van der Waals surface area (Å²) >= 11 is 0. The van der Waals surface area contributed by atoms with Crippen LogP contribution in [-0.2, 0) is 14.3 Å². The van der Waals surface area contributed by atoms with Gasteiger partial charge in [-0.1, -0.05) is 251 Å². The predicted molar refractivity (Wildman–Crippen MR) is 279 cm³/mol. The van der Waals surface area contributed by atoms with Crippen LogP contribution in [0.1, 0.15) is 277 Å². The molecule has 1 aliphatic heterocycles. The number of allylic oxidation sites excluding steroid dienone is 2. The fourth-order valence-electron chi connectivity index (χ4n) is 9.56. The van der Waals surface area contributed by atoms with E-state index < -0.39 is 74.2 Å². The lowest BCUT2D eigenvalue weighted by atomic mass is 9.98. The van der Waals surface area contributed by atoms with Crippen molar-refractivity contribution in [2.24, 2.45) is 0 Å². The molecule has 9 atom stereocenters. The van der Waals surface area contributed by atoms with Gasteiger partial charge < -0.3 is 50.5 Å². The Morgan fingerprint density at radius 1 is 0.500 bits per heavy atom. The molecule has 0 aromatic rings. The Balaban J connectivity index is 2.32. The van der Waals surface area contributed by atoms with Crippen molar-refractivity contribution in [3.8, 4) is 0 Å². The van der Waals surface area contributed by atoms with Crippen LogP contribution in [0.25, 0.3) is 0 Å². The molecule has 1 fully saturated rings. The fraction of sp³-hybridized carbons (Fsp3) is 0.947. The third-order valence-electron chi connectivity index (χ3n) is 14.3. The minimum Gasteiger partial charge on any atom is -0.394 e. The molecule has 0 spiro atoms. The quantitative estimate of drug-likeness (QED) is 0.0215. The summed E-state index contributed by atoms with van der Waals surface area (Å²) in [5, 5.41) is 76.1. The smallest absolute Gasteiger partial charge is 0.249 e. The molecule has 0 radical (unpaired) electrons. The summed E-state index contributed by atoms with van der Waals surface area (Å²) in [4.78, 5) is 13.2. The number of rotatable bonds is 50. The van der Waals surface area contributed by atoms with Crippen LogP contribution in [0.5, 0.6) is 0 Å².